The number of aliphatic hydroxyl groups is 1. The summed E-state index contributed by atoms with van der Waals surface area (Å²) < 4.78 is 10.9. The molecule has 7 heteroatoms. The smallest absolute Gasteiger partial charge is 0.295 e. The highest BCUT2D eigenvalue weighted by atomic mass is 16.5. The molecule has 1 atom stereocenters. The highest BCUT2D eigenvalue weighted by Crippen LogP contribution is 2.40. The van der Waals surface area contributed by atoms with Crippen LogP contribution in [0.1, 0.15) is 36.6 Å². The first kappa shape index (κ1) is 26.0. The van der Waals surface area contributed by atoms with Crippen molar-refractivity contribution < 1.29 is 24.2 Å². The maximum atomic E-state index is 13.3. The van der Waals surface area contributed by atoms with Crippen molar-refractivity contribution in [1.82, 2.24) is 9.80 Å². The van der Waals surface area contributed by atoms with Gasteiger partial charge in [0.1, 0.15) is 23.9 Å². The number of likely N-dealkylation sites (N-methyl/N-ethyl adjacent to an activating group) is 1. The first-order valence-corrected chi connectivity index (χ1v) is 11.9. The highest BCUT2D eigenvalue weighted by Gasteiger charge is 2.46. The minimum Gasteiger partial charge on any atom is -0.507 e. The molecule has 2 aromatic rings. The van der Waals surface area contributed by atoms with Crippen LogP contribution in [0, 0.1) is 6.92 Å². The topological polar surface area (TPSA) is 79.3 Å². The fourth-order valence-electron chi connectivity index (χ4n) is 4.32. The Kier molecular flexibility index (Phi) is 8.71. The van der Waals surface area contributed by atoms with Gasteiger partial charge in [0, 0.05) is 18.7 Å². The molecule has 0 radical (unpaired) electrons. The molecule has 1 fully saturated rings. The SMILES string of the molecule is C=CCOc1ccc(C(O)=C2C(=O)C(=O)N(CCN(CC)CC)C2c2ccc(OC)cc2)c(C)c1. The Morgan fingerprint density at radius 3 is 2.34 bits per heavy atom. The molecule has 0 bridgehead atoms. The third-order valence-electron chi connectivity index (χ3n) is 6.34. The lowest BCUT2D eigenvalue weighted by Gasteiger charge is -2.28. The van der Waals surface area contributed by atoms with Crippen LogP contribution >= 0.6 is 0 Å². The maximum absolute atomic E-state index is 13.3. The van der Waals surface area contributed by atoms with Crippen molar-refractivity contribution in [3.63, 3.8) is 0 Å². The fourth-order valence-corrected chi connectivity index (χ4v) is 4.32. The average Bonchev–Trinajstić information content (AvgIpc) is 3.12. The number of carbonyl (C=O) groups excluding carboxylic acids is 2. The van der Waals surface area contributed by atoms with E-state index < -0.39 is 17.7 Å². The van der Waals surface area contributed by atoms with Crippen molar-refractivity contribution >= 4 is 17.4 Å². The summed E-state index contributed by atoms with van der Waals surface area (Å²) in [5.41, 5.74) is 2.03. The van der Waals surface area contributed by atoms with E-state index in [1.807, 2.05) is 19.1 Å². The Labute approximate surface area is 207 Å². The fraction of sp³-hybridized carbons (Fsp3) is 0.357. The molecule has 1 unspecified atom stereocenters. The normalized spacial score (nSPS) is 17.2. The molecule has 2 aromatic carbocycles. The molecule has 0 aliphatic carbocycles. The van der Waals surface area contributed by atoms with Gasteiger partial charge in [-0.25, -0.2) is 0 Å². The number of benzene rings is 2. The second-order valence-corrected chi connectivity index (χ2v) is 8.37. The van der Waals surface area contributed by atoms with Gasteiger partial charge in [0.15, 0.2) is 0 Å². The van der Waals surface area contributed by atoms with Gasteiger partial charge in [0.2, 0.25) is 0 Å². The predicted molar refractivity (Wildman–Crippen MR) is 137 cm³/mol. The standard InChI is InChI=1S/C28H34N2O5/c1-6-17-35-22-13-14-23(19(4)18-22)26(31)24-25(20-9-11-21(34-5)12-10-20)30(28(33)27(24)32)16-15-29(7-2)8-3/h6,9-14,18,25,31H,1,7-8,15-17H2,2-5H3. The summed E-state index contributed by atoms with van der Waals surface area (Å²) in [6.07, 6.45) is 1.65. The molecule has 1 N–H and O–H groups in total. The number of methoxy groups -OCH3 is 1. The Balaban J connectivity index is 2.08. The van der Waals surface area contributed by atoms with Crippen molar-refractivity contribution in [2.45, 2.75) is 26.8 Å². The van der Waals surface area contributed by atoms with E-state index in [9.17, 15) is 14.7 Å². The Morgan fingerprint density at radius 2 is 1.77 bits per heavy atom. The third kappa shape index (κ3) is 5.57. The zero-order valence-electron chi connectivity index (χ0n) is 20.9. The van der Waals surface area contributed by atoms with E-state index in [4.69, 9.17) is 9.47 Å². The largest absolute Gasteiger partial charge is 0.507 e. The Hall–Kier alpha value is -3.58. The molecular formula is C28H34N2O5. The molecule has 35 heavy (non-hydrogen) atoms. The van der Waals surface area contributed by atoms with E-state index in [1.54, 1.807) is 48.4 Å². The van der Waals surface area contributed by atoms with Gasteiger partial charge >= 0.3 is 0 Å². The lowest BCUT2D eigenvalue weighted by molar-refractivity contribution is -0.140. The molecule has 186 valence electrons. The quantitative estimate of drug-likeness (QED) is 0.224. The van der Waals surface area contributed by atoms with E-state index >= 15 is 0 Å². The van der Waals surface area contributed by atoms with Gasteiger partial charge < -0.3 is 24.4 Å². The molecule has 0 spiro atoms. The van der Waals surface area contributed by atoms with E-state index in [0.29, 0.717) is 36.8 Å². The maximum Gasteiger partial charge on any atom is 0.295 e. The number of Topliss-reactive ketones (excluding diaryl/α,β-unsaturated/α-hetero) is 1. The van der Waals surface area contributed by atoms with Crippen LogP contribution in [0.5, 0.6) is 11.5 Å². The number of aryl methyl sites for hydroxylation is 1. The molecular weight excluding hydrogens is 444 g/mol. The van der Waals surface area contributed by atoms with Crippen LogP contribution in [-0.4, -0.2) is 66.5 Å². The molecule has 1 amide bonds. The number of hydrogen-bond acceptors (Lipinski definition) is 6. The molecule has 3 rings (SSSR count). The van der Waals surface area contributed by atoms with Crippen molar-refractivity contribution in [3.05, 3.63) is 77.4 Å². The molecule has 7 nitrogen and oxygen atoms in total. The van der Waals surface area contributed by atoms with Gasteiger partial charge in [-0.1, -0.05) is 38.6 Å². The summed E-state index contributed by atoms with van der Waals surface area (Å²) in [6, 6.07) is 11.7. The van der Waals surface area contributed by atoms with E-state index in [2.05, 4.69) is 25.3 Å². The number of amides is 1. The number of ether oxygens (including phenoxy) is 2. The summed E-state index contributed by atoms with van der Waals surface area (Å²) >= 11 is 0. The van der Waals surface area contributed by atoms with Gasteiger partial charge in [-0.3, -0.25) is 9.59 Å². The van der Waals surface area contributed by atoms with Crippen LogP contribution in [0.4, 0.5) is 0 Å². The Bertz CT molecular complexity index is 1100. The van der Waals surface area contributed by atoms with Gasteiger partial charge in [0.25, 0.3) is 11.7 Å². The van der Waals surface area contributed by atoms with Crippen LogP contribution < -0.4 is 9.47 Å². The zero-order chi connectivity index (χ0) is 25.5. The average molecular weight is 479 g/mol. The van der Waals surface area contributed by atoms with Crippen LogP contribution in [-0.2, 0) is 9.59 Å². The van der Waals surface area contributed by atoms with Crippen molar-refractivity contribution in [2.24, 2.45) is 0 Å². The highest BCUT2D eigenvalue weighted by molar-refractivity contribution is 6.46. The summed E-state index contributed by atoms with van der Waals surface area (Å²) in [5.74, 6) is -0.190. The van der Waals surface area contributed by atoms with E-state index in [1.165, 1.54) is 0 Å². The first-order chi connectivity index (χ1) is 16.9. The summed E-state index contributed by atoms with van der Waals surface area (Å²) in [4.78, 5) is 30.2. The number of likely N-dealkylation sites (tertiary alicyclic amines) is 1. The number of ketones is 1. The van der Waals surface area contributed by atoms with Crippen LogP contribution in [0.2, 0.25) is 0 Å². The number of carbonyl (C=O) groups is 2. The molecule has 1 aliphatic rings. The van der Waals surface area contributed by atoms with E-state index in [-0.39, 0.29) is 11.3 Å². The zero-order valence-corrected chi connectivity index (χ0v) is 20.9. The summed E-state index contributed by atoms with van der Waals surface area (Å²) in [7, 11) is 1.58. The van der Waals surface area contributed by atoms with Crippen molar-refractivity contribution in [2.75, 3.05) is 39.9 Å². The number of hydrogen-bond donors (Lipinski definition) is 1. The van der Waals surface area contributed by atoms with Gasteiger partial charge in [0.05, 0.1) is 18.7 Å². The molecule has 0 saturated carbocycles. The van der Waals surface area contributed by atoms with Gasteiger partial charge in [-0.05, 0) is 61.5 Å². The second kappa shape index (κ2) is 11.7. The number of rotatable bonds is 11. The molecule has 1 heterocycles. The van der Waals surface area contributed by atoms with E-state index in [0.717, 1.165) is 24.2 Å². The van der Waals surface area contributed by atoms with Crippen molar-refractivity contribution in [1.29, 1.82) is 0 Å². The third-order valence-corrected chi connectivity index (χ3v) is 6.34. The number of aliphatic hydroxyl groups excluding tert-OH is 1. The molecule has 1 saturated heterocycles. The first-order valence-electron chi connectivity index (χ1n) is 11.9. The second-order valence-electron chi connectivity index (χ2n) is 8.37. The Morgan fingerprint density at radius 1 is 1.11 bits per heavy atom. The minimum absolute atomic E-state index is 0.0857. The lowest BCUT2D eigenvalue weighted by Crippen LogP contribution is -2.38. The minimum atomic E-state index is -0.701. The van der Waals surface area contributed by atoms with Crippen LogP contribution in [0.25, 0.3) is 5.76 Å². The van der Waals surface area contributed by atoms with Gasteiger partial charge in [-0.15, -0.1) is 0 Å². The molecule has 0 aromatic heterocycles. The number of nitrogens with zero attached hydrogens (tertiary/aromatic N) is 2. The monoisotopic (exact) mass is 478 g/mol. The van der Waals surface area contributed by atoms with Crippen molar-refractivity contribution in [3.8, 4) is 11.5 Å². The summed E-state index contributed by atoms with van der Waals surface area (Å²) in [5, 5.41) is 11.4. The predicted octanol–water partition coefficient (Wildman–Crippen LogP) is 4.33. The molecule has 1 aliphatic heterocycles. The van der Waals surface area contributed by atoms with Gasteiger partial charge in [-0.2, -0.15) is 0 Å². The lowest BCUT2D eigenvalue weighted by atomic mass is 9.94. The van der Waals surface area contributed by atoms with Crippen LogP contribution in [0.15, 0.2) is 60.7 Å². The van der Waals surface area contributed by atoms with Crippen LogP contribution in [0.3, 0.4) is 0 Å². The summed E-state index contributed by atoms with van der Waals surface area (Å²) in [6.45, 7) is 12.6.